The molecule has 1 fully saturated rings. The number of hydrogen-bond acceptors (Lipinski definition) is 3. The molecule has 1 aliphatic heterocycles. The zero-order valence-corrected chi connectivity index (χ0v) is 12.0. The first-order valence-corrected chi connectivity index (χ1v) is 7.33. The number of carbonyl (C=O) groups is 1. The molecule has 2 aromatic carbocycles. The lowest BCUT2D eigenvalue weighted by Crippen LogP contribution is -2.53. The van der Waals surface area contributed by atoms with Crippen molar-refractivity contribution in [1.29, 1.82) is 0 Å². The van der Waals surface area contributed by atoms with Crippen LogP contribution in [-0.2, 0) is 16.0 Å². The van der Waals surface area contributed by atoms with Gasteiger partial charge in [-0.15, -0.1) is 0 Å². The van der Waals surface area contributed by atoms with Crippen molar-refractivity contribution in [2.75, 3.05) is 18.6 Å². The van der Waals surface area contributed by atoms with Crippen molar-refractivity contribution in [2.45, 2.75) is 18.9 Å². The number of ether oxygens (including phenoxy) is 1. The Morgan fingerprint density at radius 1 is 1.14 bits per heavy atom. The molecule has 3 heteroatoms. The van der Waals surface area contributed by atoms with E-state index in [1.807, 2.05) is 0 Å². The molecule has 106 valence electrons. The Morgan fingerprint density at radius 2 is 1.95 bits per heavy atom. The summed E-state index contributed by atoms with van der Waals surface area (Å²) in [6.07, 6.45) is 1.86. The predicted molar refractivity (Wildman–Crippen MR) is 82.5 cm³/mol. The Morgan fingerprint density at radius 3 is 2.71 bits per heavy atom. The third kappa shape index (κ3) is 1.84. The molecule has 1 unspecified atom stereocenters. The molecule has 1 aliphatic carbocycles. The van der Waals surface area contributed by atoms with Crippen molar-refractivity contribution in [3.8, 4) is 11.1 Å². The molecule has 0 aromatic heterocycles. The molecule has 3 nitrogen and oxygen atoms in total. The molecular weight excluding hydrogens is 262 g/mol. The Kier molecular flexibility index (Phi) is 2.74. The minimum atomic E-state index is -0.134. The lowest BCUT2D eigenvalue weighted by atomic mass is 9.99. The van der Waals surface area contributed by atoms with Crippen LogP contribution in [0.15, 0.2) is 42.5 Å². The average molecular weight is 279 g/mol. The topological polar surface area (TPSA) is 29.5 Å². The summed E-state index contributed by atoms with van der Waals surface area (Å²) in [5, 5.41) is 0. The van der Waals surface area contributed by atoms with Crippen molar-refractivity contribution in [1.82, 2.24) is 0 Å². The van der Waals surface area contributed by atoms with Crippen LogP contribution in [-0.4, -0.2) is 25.7 Å². The Hall–Kier alpha value is -2.29. The van der Waals surface area contributed by atoms with Gasteiger partial charge in [-0.05, 0) is 47.2 Å². The van der Waals surface area contributed by atoms with Gasteiger partial charge in [-0.3, -0.25) is 0 Å². The van der Waals surface area contributed by atoms with E-state index in [1.165, 1.54) is 29.4 Å². The fourth-order valence-corrected chi connectivity index (χ4v) is 3.39. The molecule has 4 rings (SSSR count). The first kappa shape index (κ1) is 12.5. The standard InChI is InChI=1S/C18H17NO2/c1-21-18(20)17-8-9-19(17)14-6-7-16-13(11-14)10-12-4-2-3-5-15(12)16/h2-7,11,17H,8-10H2,1H3. The van der Waals surface area contributed by atoms with E-state index in [4.69, 9.17) is 4.74 Å². The van der Waals surface area contributed by atoms with Crippen LogP contribution in [0.1, 0.15) is 17.5 Å². The first-order valence-electron chi connectivity index (χ1n) is 7.33. The summed E-state index contributed by atoms with van der Waals surface area (Å²) in [6.45, 7) is 0.922. The Labute approximate surface area is 124 Å². The van der Waals surface area contributed by atoms with Gasteiger partial charge in [0.1, 0.15) is 6.04 Å². The predicted octanol–water partition coefficient (Wildman–Crippen LogP) is 3.01. The van der Waals surface area contributed by atoms with Crippen molar-refractivity contribution >= 4 is 11.7 Å². The van der Waals surface area contributed by atoms with Gasteiger partial charge in [0.25, 0.3) is 0 Å². The van der Waals surface area contributed by atoms with Crippen LogP contribution in [0, 0.1) is 0 Å². The van der Waals surface area contributed by atoms with E-state index in [9.17, 15) is 4.79 Å². The van der Waals surface area contributed by atoms with E-state index in [1.54, 1.807) is 0 Å². The van der Waals surface area contributed by atoms with Crippen molar-refractivity contribution in [3.63, 3.8) is 0 Å². The lowest BCUT2D eigenvalue weighted by molar-refractivity contribution is -0.143. The van der Waals surface area contributed by atoms with Gasteiger partial charge in [-0.1, -0.05) is 30.3 Å². The third-order valence-corrected chi connectivity index (χ3v) is 4.60. The van der Waals surface area contributed by atoms with Crippen molar-refractivity contribution in [3.05, 3.63) is 53.6 Å². The minimum Gasteiger partial charge on any atom is -0.467 e. The fraction of sp³-hybridized carbons (Fsp3) is 0.278. The summed E-state index contributed by atoms with van der Waals surface area (Å²) >= 11 is 0. The maximum Gasteiger partial charge on any atom is 0.328 e. The molecule has 0 radical (unpaired) electrons. The number of carbonyl (C=O) groups excluding carboxylic acids is 1. The van der Waals surface area contributed by atoms with Gasteiger partial charge in [0.05, 0.1) is 7.11 Å². The van der Waals surface area contributed by atoms with Crippen LogP contribution < -0.4 is 4.90 Å². The Balaban J connectivity index is 1.66. The maximum absolute atomic E-state index is 11.7. The SMILES string of the molecule is COC(=O)C1CCN1c1ccc2c(c1)Cc1ccccc1-2. The van der Waals surface area contributed by atoms with Crippen molar-refractivity contribution < 1.29 is 9.53 Å². The number of rotatable bonds is 2. The highest BCUT2D eigenvalue weighted by atomic mass is 16.5. The largest absolute Gasteiger partial charge is 0.467 e. The van der Waals surface area contributed by atoms with Gasteiger partial charge in [0.2, 0.25) is 0 Å². The molecule has 0 N–H and O–H groups in total. The van der Waals surface area contributed by atoms with Crippen LogP contribution in [0.25, 0.3) is 11.1 Å². The second-order valence-electron chi connectivity index (χ2n) is 5.70. The normalized spacial score (nSPS) is 18.7. The number of benzene rings is 2. The Bertz CT molecular complexity index is 723. The van der Waals surface area contributed by atoms with E-state index in [2.05, 4.69) is 47.4 Å². The second kappa shape index (κ2) is 4.62. The highest BCUT2D eigenvalue weighted by Crippen LogP contribution is 2.39. The van der Waals surface area contributed by atoms with E-state index < -0.39 is 0 Å². The molecule has 0 amide bonds. The number of esters is 1. The molecule has 0 spiro atoms. The van der Waals surface area contributed by atoms with Gasteiger partial charge >= 0.3 is 5.97 Å². The average Bonchev–Trinajstić information content (AvgIpc) is 2.83. The van der Waals surface area contributed by atoms with Gasteiger partial charge in [0.15, 0.2) is 0 Å². The molecule has 0 saturated carbocycles. The van der Waals surface area contributed by atoms with Crippen molar-refractivity contribution in [2.24, 2.45) is 0 Å². The number of methoxy groups -OCH3 is 1. The summed E-state index contributed by atoms with van der Waals surface area (Å²) in [7, 11) is 1.46. The smallest absolute Gasteiger partial charge is 0.328 e. The molecule has 2 aromatic rings. The molecule has 2 aliphatic rings. The molecule has 1 atom stereocenters. The van der Waals surface area contributed by atoms with Gasteiger partial charge < -0.3 is 9.64 Å². The summed E-state index contributed by atoms with van der Waals surface area (Å²) < 4.78 is 4.87. The summed E-state index contributed by atoms with van der Waals surface area (Å²) in [5.41, 5.74) is 6.53. The molecule has 1 saturated heterocycles. The first-order chi connectivity index (χ1) is 10.3. The summed E-state index contributed by atoms with van der Waals surface area (Å²) in [5.74, 6) is -0.134. The maximum atomic E-state index is 11.7. The van der Waals surface area contributed by atoms with Gasteiger partial charge in [0, 0.05) is 12.2 Å². The zero-order valence-electron chi connectivity index (χ0n) is 12.0. The van der Waals surface area contributed by atoms with Crippen LogP contribution in [0.5, 0.6) is 0 Å². The molecular formula is C18H17NO2. The molecule has 21 heavy (non-hydrogen) atoms. The summed E-state index contributed by atoms with van der Waals surface area (Å²) in [4.78, 5) is 13.9. The van der Waals surface area contributed by atoms with E-state index in [0.29, 0.717) is 0 Å². The van der Waals surface area contributed by atoms with Crippen LogP contribution in [0.2, 0.25) is 0 Å². The molecule has 1 heterocycles. The monoisotopic (exact) mass is 279 g/mol. The quantitative estimate of drug-likeness (QED) is 0.675. The van der Waals surface area contributed by atoms with Gasteiger partial charge in [-0.25, -0.2) is 4.79 Å². The number of nitrogens with zero attached hydrogens (tertiary/aromatic N) is 1. The van der Waals surface area contributed by atoms with Crippen LogP contribution >= 0.6 is 0 Å². The van der Waals surface area contributed by atoms with Crippen LogP contribution in [0.3, 0.4) is 0 Å². The summed E-state index contributed by atoms with van der Waals surface area (Å²) in [6, 6.07) is 15.0. The highest BCUT2D eigenvalue weighted by molar-refractivity contribution is 5.84. The van der Waals surface area contributed by atoms with E-state index >= 15 is 0 Å². The highest BCUT2D eigenvalue weighted by Gasteiger charge is 2.35. The molecule has 0 bridgehead atoms. The van der Waals surface area contributed by atoms with Crippen LogP contribution in [0.4, 0.5) is 5.69 Å². The second-order valence-corrected chi connectivity index (χ2v) is 5.70. The third-order valence-electron chi connectivity index (χ3n) is 4.60. The number of hydrogen-bond donors (Lipinski definition) is 0. The zero-order chi connectivity index (χ0) is 14.4. The minimum absolute atomic E-state index is 0.114. The number of fused-ring (bicyclic) bond motifs is 3. The lowest BCUT2D eigenvalue weighted by Gasteiger charge is -2.40. The van der Waals surface area contributed by atoms with Gasteiger partial charge in [-0.2, -0.15) is 0 Å². The van der Waals surface area contributed by atoms with E-state index in [-0.39, 0.29) is 12.0 Å². The number of anilines is 1. The fourth-order valence-electron chi connectivity index (χ4n) is 3.39. The van der Waals surface area contributed by atoms with E-state index in [0.717, 1.165) is 25.1 Å².